The quantitative estimate of drug-likeness (QED) is 0.847. The van der Waals surface area contributed by atoms with Crippen LogP contribution in [0.1, 0.15) is 13.3 Å². The van der Waals surface area contributed by atoms with Gasteiger partial charge in [0, 0.05) is 11.0 Å². The van der Waals surface area contributed by atoms with Crippen LogP contribution in [0.4, 0.5) is 21.7 Å². The number of halogens is 2. The maximum absolute atomic E-state index is 13.6. The predicted octanol–water partition coefficient (Wildman–Crippen LogP) is 4.55. The van der Waals surface area contributed by atoms with Crippen molar-refractivity contribution < 1.29 is 4.39 Å². The zero-order valence-electron chi connectivity index (χ0n) is 10.6. The first kappa shape index (κ1) is 13.8. The lowest BCUT2D eigenvalue weighted by molar-refractivity contribution is 0.631. The fourth-order valence-electron chi connectivity index (χ4n) is 1.59. The summed E-state index contributed by atoms with van der Waals surface area (Å²) in [6.07, 6.45) is 1.03. The molecule has 1 aromatic heterocycles. The highest BCUT2D eigenvalue weighted by molar-refractivity contribution is 9.10. The molecule has 0 amide bonds. The summed E-state index contributed by atoms with van der Waals surface area (Å²) in [5, 5.41) is 6.17. The van der Waals surface area contributed by atoms with Crippen molar-refractivity contribution in [1.29, 1.82) is 0 Å². The fraction of sp³-hybridized carbons (Fsp3) is 0.214. The lowest BCUT2D eigenvalue weighted by atomic mass is 10.3. The van der Waals surface area contributed by atoms with E-state index in [1.807, 2.05) is 12.1 Å². The number of nitrogens with one attached hydrogen (secondary N) is 2. The van der Waals surface area contributed by atoms with Gasteiger partial charge >= 0.3 is 0 Å². The number of hydrogen-bond donors (Lipinski definition) is 2. The lowest BCUT2D eigenvalue weighted by Crippen LogP contribution is -2.03. The van der Waals surface area contributed by atoms with Crippen molar-refractivity contribution in [3.05, 3.63) is 46.7 Å². The minimum Gasteiger partial charge on any atom is -0.370 e. The molecule has 0 saturated carbocycles. The summed E-state index contributed by atoms with van der Waals surface area (Å²) in [6, 6.07) is 10.3. The highest BCUT2D eigenvalue weighted by Gasteiger charge is 2.04. The number of nitrogens with zero attached hydrogens (tertiary/aromatic N) is 1. The van der Waals surface area contributed by atoms with Crippen LogP contribution in [0.2, 0.25) is 0 Å². The summed E-state index contributed by atoms with van der Waals surface area (Å²) in [4.78, 5) is 4.37. The van der Waals surface area contributed by atoms with Crippen molar-refractivity contribution in [3.8, 4) is 0 Å². The molecule has 3 nitrogen and oxygen atoms in total. The Kier molecular flexibility index (Phi) is 4.74. The first-order chi connectivity index (χ1) is 9.19. The van der Waals surface area contributed by atoms with E-state index < -0.39 is 0 Å². The number of benzene rings is 1. The van der Waals surface area contributed by atoms with E-state index in [1.54, 1.807) is 18.2 Å². The molecule has 0 aliphatic carbocycles. The Balaban J connectivity index is 2.16. The van der Waals surface area contributed by atoms with Crippen LogP contribution in [0, 0.1) is 5.82 Å². The molecule has 0 aliphatic rings. The van der Waals surface area contributed by atoms with Crippen molar-refractivity contribution in [2.24, 2.45) is 0 Å². The highest BCUT2D eigenvalue weighted by Crippen LogP contribution is 2.23. The number of hydrogen-bond acceptors (Lipinski definition) is 3. The second-order valence-electron chi connectivity index (χ2n) is 4.08. The van der Waals surface area contributed by atoms with Crippen LogP contribution in [0.25, 0.3) is 0 Å². The third-order valence-electron chi connectivity index (χ3n) is 2.50. The first-order valence-electron chi connectivity index (χ1n) is 6.12. The molecule has 0 unspecified atom stereocenters. The molecule has 100 valence electrons. The number of anilines is 3. The fourth-order valence-corrected chi connectivity index (χ4v) is 1.95. The summed E-state index contributed by atoms with van der Waals surface area (Å²) in [5.74, 6) is 1.08. The summed E-state index contributed by atoms with van der Waals surface area (Å²) in [5.41, 5.74) is 0.398. The third kappa shape index (κ3) is 3.92. The van der Waals surface area contributed by atoms with Gasteiger partial charge in [0.2, 0.25) is 0 Å². The Morgan fingerprint density at radius 1 is 1.21 bits per heavy atom. The molecule has 2 N–H and O–H groups in total. The molecular weight excluding hydrogens is 309 g/mol. The van der Waals surface area contributed by atoms with Gasteiger partial charge in [-0.3, -0.25) is 0 Å². The number of pyridine rings is 1. The average molecular weight is 324 g/mol. The van der Waals surface area contributed by atoms with E-state index in [4.69, 9.17) is 0 Å². The van der Waals surface area contributed by atoms with E-state index in [1.165, 1.54) is 6.07 Å². The third-order valence-corrected chi connectivity index (χ3v) is 2.99. The van der Waals surface area contributed by atoms with E-state index in [2.05, 4.69) is 38.5 Å². The molecule has 19 heavy (non-hydrogen) atoms. The minimum atomic E-state index is -0.308. The van der Waals surface area contributed by atoms with E-state index in [9.17, 15) is 4.39 Å². The van der Waals surface area contributed by atoms with Gasteiger partial charge in [-0.15, -0.1) is 0 Å². The molecule has 1 heterocycles. The van der Waals surface area contributed by atoms with Crippen LogP contribution in [-0.4, -0.2) is 11.5 Å². The Labute approximate surface area is 120 Å². The lowest BCUT2D eigenvalue weighted by Gasteiger charge is -2.09. The molecule has 0 atom stereocenters. The van der Waals surface area contributed by atoms with Crippen LogP contribution in [0.3, 0.4) is 0 Å². The van der Waals surface area contributed by atoms with Crippen LogP contribution < -0.4 is 10.6 Å². The van der Waals surface area contributed by atoms with E-state index in [0.29, 0.717) is 11.5 Å². The van der Waals surface area contributed by atoms with Gasteiger partial charge in [0.1, 0.15) is 17.5 Å². The maximum Gasteiger partial charge on any atom is 0.146 e. The minimum absolute atomic E-state index is 0.308. The standard InChI is InChI=1S/C14H15BrFN3/c1-2-8-17-13-4-3-5-14(19-13)18-12-9-10(15)6-7-11(12)16/h3-7,9H,2,8H2,1H3,(H2,17,18,19). The highest BCUT2D eigenvalue weighted by atomic mass is 79.9. The molecule has 0 bridgehead atoms. The van der Waals surface area contributed by atoms with Gasteiger partial charge in [0.25, 0.3) is 0 Å². The molecule has 0 aliphatic heterocycles. The molecule has 0 saturated heterocycles. The van der Waals surface area contributed by atoms with Crippen molar-refractivity contribution in [3.63, 3.8) is 0 Å². The smallest absolute Gasteiger partial charge is 0.146 e. The Hall–Kier alpha value is -1.62. The topological polar surface area (TPSA) is 37.0 Å². The second kappa shape index (κ2) is 6.52. The molecular formula is C14H15BrFN3. The number of aromatic nitrogens is 1. The Bertz CT molecular complexity index is 560. The molecule has 1 aromatic carbocycles. The molecule has 0 spiro atoms. The van der Waals surface area contributed by atoms with E-state index in [0.717, 1.165) is 23.3 Å². The summed E-state index contributed by atoms with van der Waals surface area (Å²) in [6.45, 7) is 2.95. The van der Waals surface area contributed by atoms with Crippen molar-refractivity contribution in [2.45, 2.75) is 13.3 Å². The Morgan fingerprint density at radius 2 is 2.00 bits per heavy atom. The molecule has 0 radical (unpaired) electrons. The molecule has 2 rings (SSSR count). The van der Waals surface area contributed by atoms with Gasteiger partial charge in [-0.25, -0.2) is 9.37 Å². The summed E-state index contributed by atoms with van der Waals surface area (Å²) >= 11 is 3.32. The summed E-state index contributed by atoms with van der Waals surface area (Å²) < 4.78 is 14.4. The van der Waals surface area contributed by atoms with Gasteiger partial charge in [0.15, 0.2) is 0 Å². The monoisotopic (exact) mass is 323 g/mol. The van der Waals surface area contributed by atoms with Crippen molar-refractivity contribution in [2.75, 3.05) is 17.2 Å². The largest absolute Gasteiger partial charge is 0.370 e. The van der Waals surface area contributed by atoms with Crippen LogP contribution in [0.15, 0.2) is 40.9 Å². The SMILES string of the molecule is CCCNc1cccc(Nc2cc(Br)ccc2F)n1. The van der Waals surface area contributed by atoms with Crippen LogP contribution in [0.5, 0.6) is 0 Å². The normalized spacial score (nSPS) is 10.3. The second-order valence-corrected chi connectivity index (χ2v) is 5.00. The first-order valence-corrected chi connectivity index (χ1v) is 6.91. The van der Waals surface area contributed by atoms with E-state index in [-0.39, 0.29) is 5.82 Å². The van der Waals surface area contributed by atoms with Gasteiger partial charge in [0.05, 0.1) is 5.69 Å². The molecule has 0 fully saturated rings. The van der Waals surface area contributed by atoms with Crippen LogP contribution >= 0.6 is 15.9 Å². The zero-order chi connectivity index (χ0) is 13.7. The average Bonchev–Trinajstić information content (AvgIpc) is 2.41. The van der Waals surface area contributed by atoms with Crippen molar-refractivity contribution in [1.82, 2.24) is 4.98 Å². The van der Waals surface area contributed by atoms with Crippen LogP contribution in [-0.2, 0) is 0 Å². The van der Waals surface area contributed by atoms with Gasteiger partial charge in [-0.05, 0) is 36.8 Å². The molecule has 2 aromatic rings. The van der Waals surface area contributed by atoms with Gasteiger partial charge in [-0.2, -0.15) is 0 Å². The maximum atomic E-state index is 13.6. The van der Waals surface area contributed by atoms with E-state index >= 15 is 0 Å². The van der Waals surface area contributed by atoms with Gasteiger partial charge in [-0.1, -0.05) is 28.9 Å². The van der Waals surface area contributed by atoms with Crippen molar-refractivity contribution >= 4 is 33.3 Å². The van der Waals surface area contributed by atoms with Gasteiger partial charge < -0.3 is 10.6 Å². The molecule has 5 heteroatoms. The predicted molar refractivity (Wildman–Crippen MR) is 80.4 cm³/mol. The Morgan fingerprint density at radius 3 is 2.79 bits per heavy atom. The summed E-state index contributed by atoms with van der Waals surface area (Å²) in [7, 11) is 0. The zero-order valence-corrected chi connectivity index (χ0v) is 12.2. The number of rotatable bonds is 5.